The number of nitrogens with one attached hydrogen (secondary N) is 1. The number of hydrogen-bond acceptors (Lipinski definition) is 5. The molecule has 0 spiro atoms. The van der Waals surface area contributed by atoms with Crippen LogP contribution in [0.3, 0.4) is 0 Å². The van der Waals surface area contributed by atoms with E-state index in [0.29, 0.717) is 18.8 Å². The van der Waals surface area contributed by atoms with Crippen molar-refractivity contribution in [2.75, 3.05) is 20.3 Å². The lowest BCUT2D eigenvalue weighted by Crippen LogP contribution is -2.33. The third-order valence-electron chi connectivity index (χ3n) is 2.38. The van der Waals surface area contributed by atoms with Crippen LogP contribution >= 0.6 is 0 Å². The first kappa shape index (κ1) is 13.6. The van der Waals surface area contributed by atoms with Crippen LogP contribution in [0.4, 0.5) is 0 Å². The van der Waals surface area contributed by atoms with Crippen LogP contribution in [0.5, 0.6) is 0 Å². The van der Waals surface area contributed by atoms with Crippen molar-refractivity contribution in [2.24, 2.45) is 5.73 Å². The van der Waals surface area contributed by atoms with Gasteiger partial charge in [0.1, 0.15) is 6.04 Å². The number of amides is 1. The molecule has 0 aliphatic carbocycles. The molecule has 7 nitrogen and oxygen atoms in total. The van der Waals surface area contributed by atoms with E-state index in [4.69, 9.17) is 10.5 Å². The summed E-state index contributed by atoms with van der Waals surface area (Å²) >= 11 is 0. The van der Waals surface area contributed by atoms with Gasteiger partial charge in [-0.05, 0) is 13.8 Å². The Bertz CT molecular complexity index is 363. The molecular formula is C10H19N5O2. The van der Waals surface area contributed by atoms with Crippen molar-refractivity contribution in [1.82, 2.24) is 20.3 Å². The zero-order valence-electron chi connectivity index (χ0n) is 10.4. The number of aromatic nitrogens is 3. The van der Waals surface area contributed by atoms with E-state index in [1.807, 2.05) is 6.92 Å². The van der Waals surface area contributed by atoms with Gasteiger partial charge in [0.05, 0.1) is 18.5 Å². The average Bonchev–Trinajstić information content (AvgIpc) is 2.77. The van der Waals surface area contributed by atoms with E-state index < -0.39 is 6.04 Å². The molecule has 1 aromatic rings. The summed E-state index contributed by atoms with van der Waals surface area (Å²) < 4.78 is 6.35. The molecule has 17 heavy (non-hydrogen) atoms. The van der Waals surface area contributed by atoms with Gasteiger partial charge in [0.2, 0.25) is 5.91 Å². The molecule has 2 atom stereocenters. The van der Waals surface area contributed by atoms with E-state index in [1.54, 1.807) is 20.2 Å². The third kappa shape index (κ3) is 3.79. The highest BCUT2D eigenvalue weighted by Crippen LogP contribution is 2.08. The fraction of sp³-hybridized carbons (Fsp3) is 0.700. The number of carbonyl (C=O) groups excluding carboxylic acids is 1. The molecule has 1 rings (SSSR count). The highest BCUT2D eigenvalue weighted by atomic mass is 16.5. The summed E-state index contributed by atoms with van der Waals surface area (Å²) in [6, 6.07) is -0.598. The number of carbonyl (C=O) groups is 1. The Morgan fingerprint density at radius 1 is 1.65 bits per heavy atom. The molecule has 0 radical (unpaired) electrons. The van der Waals surface area contributed by atoms with Crippen LogP contribution in [-0.2, 0) is 9.53 Å². The molecule has 0 aliphatic rings. The Balaban J connectivity index is 2.55. The maximum absolute atomic E-state index is 11.7. The van der Waals surface area contributed by atoms with Gasteiger partial charge >= 0.3 is 0 Å². The van der Waals surface area contributed by atoms with Gasteiger partial charge < -0.3 is 15.8 Å². The first-order valence-electron chi connectivity index (χ1n) is 5.50. The van der Waals surface area contributed by atoms with Gasteiger partial charge in [0.25, 0.3) is 0 Å². The Morgan fingerprint density at radius 2 is 2.35 bits per heavy atom. The van der Waals surface area contributed by atoms with Crippen molar-refractivity contribution in [3.8, 4) is 0 Å². The highest BCUT2D eigenvalue weighted by molar-refractivity contribution is 5.79. The van der Waals surface area contributed by atoms with Gasteiger partial charge in [-0.3, -0.25) is 4.79 Å². The lowest BCUT2D eigenvalue weighted by atomic mass is 10.2. The predicted molar refractivity (Wildman–Crippen MR) is 62.2 cm³/mol. The Morgan fingerprint density at radius 3 is 2.88 bits per heavy atom. The number of rotatable bonds is 6. The molecule has 0 aromatic carbocycles. The first-order valence-corrected chi connectivity index (χ1v) is 5.50. The smallest absolute Gasteiger partial charge is 0.244 e. The molecule has 3 N–H and O–H groups in total. The molecule has 0 aliphatic heterocycles. The largest absolute Gasteiger partial charge is 0.383 e. The summed E-state index contributed by atoms with van der Waals surface area (Å²) in [6.07, 6.45) is 1.69. The number of nitrogens with two attached hydrogens (primary N) is 1. The minimum atomic E-state index is -0.410. The highest BCUT2D eigenvalue weighted by Gasteiger charge is 2.16. The molecule has 7 heteroatoms. The predicted octanol–water partition coefficient (Wildman–Crippen LogP) is -0.379. The van der Waals surface area contributed by atoms with Crippen molar-refractivity contribution in [1.29, 1.82) is 0 Å². The van der Waals surface area contributed by atoms with Crippen LogP contribution in [0.25, 0.3) is 0 Å². The van der Waals surface area contributed by atoms with Crippen LogP contribution in [0.15, 0.2) is 6.20 Å². The number of hydrogen-bond donors (Lipinski definition) is 2. The standard InChI is InChI=1S/C10H19N5O2/c1-7(11)9-6-15(14-13-9)8(2)10(16)12-4-5-17-3/h6-8H,4-5,11H2,1-3H3,(H,12,16). The van der Waals surface area contributed by atoms with Crippen molar-refractivity contribution < 1.29 is 9.53 Å². The number of methoxy groups -OCH3 is 1. The lowest BCUT2D eigenvalue weighted by molar-refractivity contribution is -0.124. The van der Waals surface area contributed by atoms with Crippen molar-refractivity contribution in [3.05, 3.63) is 11.9 Å². The van der Waals surface area contributed by atoms with Crippen LogP contribution in [0.1, 0.15) is 31.6 Å². The van der Waals surface area contributed by atoms with E-state index in [-0.39, 0.29) is 11.9 Å². The Kier molecular flexibility index (Phi) is 5.05. The van der Waals surface area contributed by atoms with E-state index in [1.165, 1.54) is 4.68 Å². The third-order valence-corrected chi connectivity index (χ3v) is 2.38. The maximum Gasteiger partial charge on any atom is 0.244 e. The lowest BCUT2D eigenvalue weighted by Gasteiger charge is -2.11. The molecule has 0 fully saturated rings. The second-order valence-corrected chi connectivity index (χ2v) is 3.87. The summed E-state index contributed by atoms with van der Waals surface area (Å²) in [5.41, 5.74) is 6.34. The van der Waals surface area contributed by atoms with Gasteiger partial charge in [-0.2, -0.15) is 0 Å². The summed E-state index contributed by atoms with van der Waals surface area (Å²) in [7, 11) is 1.59. The molecule has 96 valence electrons. The van der Waals surface area contributed by atoms with Gasteiger partial charge in [0.15, 0.2) is 0 Å². The van der Waals surface area contributed by atoms with Gasteiger partial charge in [0, 0.05) is 19.7 Å². The van der Waals surface area contributed by atoms with Crippen LogP contribution in [0.2, 0.25) is 0 Å². The zero-order valence-corrected chi connectivity index (χ0v) is 10.4. The quantitative estimate of drug-likeness (QED) is 0.662. The Labute approximate surface area is 100 Å². The summed E-state index contributed by atoms with van der Waals surface area (Å²) in [5, 5.41) is 10.5. The van der Waals surface area contributed by atoms with Gasteiger partial charge in [-0.25, -0.2) is 4.68 Å². The number of nitrogens with zero attached hydrogens (tertiary/aromatic N) is 3. The molecular weight excluding hydrogens is 222 g/mol. The Hall–Kier alpha value is -1.47. The second kappa shape index (κ2) is 6.31. The van der Waals surface area contributed by atoms with Crippen LogP contribution in [-0.4, -0.2) is 41.2 Å². The van der Waals surface area contributed by atoms with Crippen molar-refractivity contribution in [3.63, 3.8) is 0 Å². The molecule has 0 saturated heterocycles. The molecule has 2 unspecified atom stereocenters. The van der Waals surface area contributed by atoms with Crippen molar-refractivity contribution >= 4 is 5.91 Å². The van der Waals surface area contributed by atoms with Gasteiger partial charge in [-0.15, -0.1) is 5.10 Å². The average molecular weight is 241 g/mol. The SMILES string of the molecule is COCCNC(=O)C(C)n1cc(C(C)N)nn1. The summed E-state index contributed by atoms with van der Waals surface area (Å²) in [5.74, 6) is -0.122. The summed E-state index contributed by atoms with van der Waals surface area (Å²) in [4.78, 5) is 11.7. The van der Waals surface area contributed by atoms with Crippen LogP contribution in [0, 0.1) is 0 Å². The molecule has 0 bridgehead atoms. The first-order chi connectivity index (χ1) is 8.06. The molecule has 1 aromatic heterocycles. The minimum Gasteiger partial charge on any atom is -0.383 e. The molecule has 0 saturated carbocycles. The zero-order chi connectivity index (χ0) is 12.8. The fourth-order valence-corrected chi connectivity index (χ4v) is 1.23. The van der Waals surface area contributed by atoms with Crippen molar-refractivity contribution in [2.45, 2.75) is 25.9 Å². The van der Waals surface area contributed by atoms with E-state index >= 15 is 0 Å². The van der Waals surface area contributed by atoms with Gasteiger partial charge in [-0.1, -0.05) is 5.21 Å². The topological polar surface area (TPSA) is 95.1 Å². The minimum absolute atomic E-state index is 0.122. The van der Waals surface area contributed by atoms with Crippen LogP contribution < -0.4 is 11.1 Å². The molecule has 1 heterocycles. The fourth-order valence-electron chi connectivity index (χ4n) is 1.23. The number of ether oxygens (including phenoxy) is 1. The van der Waals surface area contributed by atoms with E-state index in [0.717, 1.165) is 0 Å². The molecule has 1 amide bonds. The maximum atomic E-state index is 11.7. The van der Waals surface area contributed by atoms with E-state index in [2.05, 4.69) is 15.6 Å². The summed E-state index contributed by atoms with van der Waals surface area (Å²) in [6.45, 7) is 4.54. The normalized spacial score (nSPS) is 14.4. The monoisotopic (exact) mass is 241 g/mol. The second-order valence-electron chi connectivity index (χ2n) is 3.87. The van der Waals surface area contributed by atoms with E-state index in [9.17, 15) is 4.79 Å².